The second kappa shape index (κ2) is 5.96. The molecule has 3 aromatic rings. The Balaban J connectivity index is 1.94. The smallest absolute Gasteiger partial charge is 0.291 e. The van der Waals surface area contributed by atoms with E-state index in [2.05, 4.69) is 5.32 Å². The number of benzene rings is 2. The summed E-state index contributed by atoms with van der Waals surface area (Å²) in [5.41, 5.74) is 1.66. The summed E-state index contributed by atoms with van der Waals surface area (Å²) in [5, 5.41) is 3.15. The van der Waals surface area contributed by atoms with E-state index in [0.717, 1.165) is 5.56 Å². The van der Waals surface area contributed by atoms with Gasteiger partial charge < -0.3 is 14.5 Å². The lowest BCUT2D eigenvalue weighted by Crippen LogP contribution is -2.15. The summed E-state index contributed by atoms with van der Waals surface area (Å²) in [6.07, 6.45) is 0. The molecule has 0 saturated carbocycles. The molecule has 0 aliphatic rings. The van der Waals surface area contributed by atoms with Gasteiger partial charge in [0.2, 0.25) is 0 Å². The van der Waals surface area contributed by atoms with E-state index < -0.39 is 5.91 Å². The number of aryl methyl sites for hydroxylation is 1. The van der Waals surface area contributed by atoms with E-state index in [4.69, 9.17) is 9.15 Å². The third-order valence-electron chi connectivity index (χ3n) is 3.43. The molecule has 116 valence electrons. The van der Waals surface area contributed by atoms with Crippen LogP contribution < -0.4 is 15.5 Å². The van der Waals surface area contributed by atoms with E-state index in [1.807, 2.05) is 13.0 Å². The van der Waals surface area contributed by atoms with Crippen molar-refractivity contribution in [3.05, 3.63) is 70.1 Å². The lowest BCUT2D eigenvalue weighted by molar-refractivity contribution is 0.0997. The quantitative estimate of drug-likeness (QED) is 0.805. The first-order valence-corrected chi connectivity index (χ1v) is 7.07. The lowest BCUT2D eigenvalue weighted by atomic mass is 10.1. The van der Waals surface area contributed by atoms with Crippen LogP contribution in [0.15, 0.2) is 57.7 Å². The molecular weight excluding hydrogens is 294 g/mol. The van der Waals surface area contributed by atoms with Crippen LogP contribution in [0.2, 0.25) is 0 Å². The van der Waals surface area contributed by atoms with Crippen LogP contribution in [0.4, 0.5) is 5.69 Å². The van der Waals surface area contributed by atoms with Gasteiger partial charge in [-0.15, -0.1) is 0 Å². The second-order valence-corrected chi connectivity index (χ2v) is 5.16. The van der Waals surface area contributed by atoms with E-state index in [0.29, 0.717) is 22.4 Å². The first-order chi connectivity index (χ1) is 11.1. The molecule has 1 heterocycles. The number of carbonyl (C=O) groups is 1. The average molecular weight is 309 g/mol. The Morgan fingerprint density at radius 1 is 1.13 bits per heavy atom. The van der Waals surface area contributed by atoms with Gasteiger partial charge in [0.05, 0.1) is 12.5 Å². The molecule has 0 spiro atoms. The van der Waals surface area contributed by atoms with Gasteiger partial charge in [0.15, 0.2) is 11.2 Å². The minimum Gasteiger partial charge on any atom is -0.497 e. The zero-order chi connectivity index (χ0) is 16.4. The van der Waals surface area contributed by atoms with Crippen LogP contribution >= 0.6 is 0 Å². The summed E-state index contributed by atoms with van der Waals surface area (Å²) in [5.74, 6) is 0.102. The molecule has 0 aliphatic carbocycles. The number of amides is 1. The Labute approximate surface area is 132 Å². The van der Waals surface area contributed by atoms with Crippen molar-refractivity contribution < 1.29 is 13.9 Å². The van der Waals surface area contributed by atoms with Crippen molar-refractivity contribution in [2.24, 2.45) is 0 Å². The topological polar surface area (TPSA) is 68.5 Å². The highest BCUT2D eigenvalue weighted by molar-refractivity contribution is 6.03. The first kappa shape index (κ1) is 14.8. The summed E-state index contributed by atoms with van der Waals surface area (Å²) in [4.78, 5) is 24.4. The van der Waals surface area contributed by atoms with Crippen LogP contribution in [0, 0.1) is 6.92 Å². The maximum atomic E-state index is 12.3. The number of ether oxygens (including phenoxy) is 1. The highest BCUT2D eigenvalue weighted by atomic mass is 16.5. The van der Waals surface area contributed by atoms with E-state index in [-0.39, 0.29) is 11.2 Å². The highest BCUT2D eigenvalue weighted by Crippen LogP contribution is 2.19. The Bertz CT molecular complexity index is 943. The van der Waals surface area contributed by atoms with Gasteiger partial charge in [0.25, 0.3) is 5.91 Å². The van der Waals surface area contributed by atoms with E-state index in [1.54, 1.807) is 43.5 Å². The van der Waals surface area contributed by atoms with Gasteiger partial charge in [-0.25, -0.2) is 0 Å². The fourth-order valence-electron chi connectivity index (χ4n) is 2.28. The Morgan fingerprint density at radius 3 is 2.74 bits per heavy atom. The van der Waals surface area contributed by atoms with Gasteiger partial charge in [0, 0.05) is 17.8 Å². The van der Waals surface area contributed by atoms with Crippen molar-refractivity contribution in [3.8, 4) is 5.75 Å². The lowest BCUT2D eigenvalue weighted by Gasteiger charge is -2.07. The zero-order valence-corrected chi connectivity index (χ0v) is 12.8. The predicted octanol–water partition coefficient (Wildman–Crippen LogP) is 3.36. The molecule has 5 heteroatoms. The number of hydrogen-bond donors (Lipinski definition) is 1. The average Bonchev–Trinajstić information content (AvgIpc) is 2.55. The number of hydrogen-bond acceptors (Lipinski definition) is 4. The molecule has 0 bridgehead atoms. The van der Waals surface area contributed by atoms with Gasteiger partial charge in [-0.1, -0.05) is 17.7 Å². The number of fused-ring (bicyclic) bond motifs is 1. The molecule has 23 heavy (non-hydrogen) atoms. The van der Waals surface area contributed by atoms with Gasteiger partial charge in [-0.05, 0) is 31.2 Å². The van der Waals surface area contributed by atoms with Crippen molar-refractivity contribution in [1.82, 2.24) is 0 Å². The predicted molar refractivity (Wildman–Crippen MR) is 88.2 cm³/mol. The van der Waals surface area contributed by atoms with E-state index in [9.17, 15) is 9.59 Å². The standard InChI is InChI=1S/C18H15NO4/c1-11-6-7-16-14(8-11)15(20)10-17(23-16)18(21)19-12-4-3-5-13(9-12)22-2/h3-10H,1-2H3,(H,19,21). The fourth-order valence-corrected chi connectivity index (χ4v) is 2.28. The Hall–Kier alpha value is -3.08. The minimum atomic E-state index is -0.488. The molecule has 0 unspecified atom stereocenters. The van der Waals surface area contributed by atoms with Crippen LogP contribution in [0.25, 0.3) is 11.0 Å². The number of rotatable bonds is 3. The molecule has 0 atom stereocenters. The van der Waals surface area contributed by atoms with Crippen molar-refractivity contribution in [2.45, 2.75) is 6.92 Å². The van der Waals surface area contributed by atoms with E-state index in [1.165, 1.54) is 6.07 Å². The summed E-state index contributed by atoms with van der Waals surface area (Å²) >= 11 is 0. The highest BCUT2D eigenvalue weighted by Gasteiger charge is 2.13. The Morgan fingerprint density at radius 2 is 1.96 bits per heavy atom. The first-order valence-electron chi connectivity index (χ1n) is 7.07. The molecule has 1 amide bonds. The van der Waals surface area contributed by atoms with Crippen molar-refractivity contribution in [3.63, 3.8) is 0 Å². The molecule has 0 fully saturated rings. The number of nitrogens with one attached hydrogen (secondary N) is 1. The molecule has 5 nitrogen and oxygen atoms in total. The third kappa shape index (κ3) is 3.08. The van der Waals surface area contributed by atoms with E-state index >= 15 is 0 Å². The summed E-state index contributed by atoms with van der Waals surface area (Å²) in [6, 6.07) is 13.4. The van der Waals surface area contributed by atoms with Gasteiger partial charge in [-0.2, -0.15) is 0 Å². The fraction of sp³-hybridized carbons (Fsp3) is 0.111. The van der Waals surface area contributed by atoms with Crippen molar-refractivity contribution in [1.29, 1.82) is 0 Å². The summed E-state index contributed by atoms with van der Waals surface area (Å²) in [6.45, 7) is 1.89. The van der Waals surface area contributed by atoms with Crippen LogP contribution in [0.3, 0.4) is 0 Å². The monoisotopic (exact) mass is 309 g/mol. The van der Waals surface area contributed by atoms with Crippen molar-refractivity contribution >= 4 is 22.6 Å². The number of anilines is 1. The normalized spacial score (nSPS) is 10.5. The molecule has 0 radical (unpaired) electrons. The number of carbonyl (C=O) groups excluding carboxylic acids is 1. The minimum absolute atomic E-state index is 0.0332. The summed E-state index contributed by atoms with van der Waals surface area (Å²) < 4.78 is 10.7. The molecule has 3 rings (SSSR count). The largest absolute Gasteiger partial charge is 0.497 e. The molecule has 0 aliphatic heterocycles. The third-order valence-corrected chi connectivity index (χ3v) is 3.43. The maximum Gasteiger partial charge on any atom is 0.291 e. The summed E-state index contributed by atoms with van der Waals surface area (Å²) in [7, 11) is 1.55. The van der Waals surface area contributed by atoms with Crippen LogP contribution in [-0.4, -0.2) is 13.0 Å². The van der Waals surface area contributed by atoms with Crippen LogP contribution in [0.5, 0.6) is 5.75 Å². The molecule has 2 aromatic carbocycles. The maximum absolute atomic E-state index is 12.3. The number of methoxy groups -OCH3 is 1. The van der Waals surface area contributed by atoms with Crippen LogP contribution in [-0.2, 0) is 0 Å². The molecule has 1 N–H and O–H groups in total. The Kier molecular flexibility index (Phi) is 3.85. The second-order valence-electron chi connectivity index (χ2n) is 5.16. The molecule has 1 aromatic heterocycles. The van der Waals surface area contributed by atoms with Gasteiger partial charge in [-0.3, -0.25) is 9.59 Å². The molecule has 0 saturated heterocycles. The van der Waals surface area contributed by atoms with Crippen LogP contribution in [0.1, 0.15) is 16.1 Å². The van der Waals surface area contributed by atoms with Gasteiger partial charge in [0.1, 0.15) is 11.3 Å². The zero-order valence-electron chi connectivity index (χ0n) is 12.8. The van der Waals surface area contributed by atoms with Gasteiger partial charge >= 0.3 is 0 Å². The van der Waals surface area contributed by atoms with Crippen molar-refractivity contribution in [2.75, 3.05) is 12.4 Å². The molecular formula is C18H15NO4. The SMILES string of the molecule is COc1cccc(NC(=O)c2cc(=O)c3cc(C)ccc3o2)c1.